The van der Waals surface area contributed by atoms with Gasteiger partial charge < -0.3 is 4.42 Å². The fraction of sp³-hybridized carbons (Fsp3) is 0.176. The Labute approximate surface area is 115 Å². The van der Waals surface area contributed by atoms with Crippen LogP contribution in [0.3, 0.4) is 0 Å². The van der Waals surface area contributed by atoms with E-state index in [1.54, 1.807) is 36.4 Å². The van der Waals surface area contributed by atoms with E-state index in [2.05, 4.69) is 0 Å². The molecule has 0 aliphatic heterocycles. The summed E-state index contributed by atoms with van der Waals surface area (Å²) in [7, 11) is 0. The van der Waals surface area contributed by atoms with Gasteiger partial charge in [-0.3, -0.25) is 0 Å². The zero-order chi connectivity index (χ0) is 14.0. The Morgan fingerprint density at radius 2 is 1.55 bits per heavy atom. The topological polar surface area (TPSA) is 13.1 Å². The van der Waals surface area contributed by atoms with Gasteiger partial charge in [0.1, 0.15) is 11.3 Å². The monoisotopic (exact) mass is 272 g/mol. The van der Waals surface area contributed by atoms with Gasteiger partial charge in [-0.25, -0.2) is 8.78 Å². The van der Waals surface area contributed by atoms with Crippen molar-refractivity contribution in [2.24, 2.45) is 0 Å². The third-order valence-electron chi connectivity index (χ3n) is 3.21. The maximum absolute atomic E-state index is 14.1. The van der Waals surface area contributed by atoms with Crippen LogP contribution in [0.2, 0.25) is 0 Å². The Morgan fingerprint density at radius 3 is 2.30 bits per heavy atom. The first kappa shape index (κ1) is 12.9. The van der Waals surface area contributed by atoms with E-state index >= 15 is 0 Å². The summed E-state index contributed by atoms with van der Waals surface area (Å²) in [5, 5.41) is 0.859. The van der Waals surface area contributed by atoms with Crippen LogP contribution in [0.25, 0.3) is 11.0 Å². The normalized spacial score (nSPS) is 11.9. The minimum absolute atomic E-state index is 0.273. The summed E-state index contributed by atoms with van der Waals surface area (Å²) >= 11 is 0. The molecule has 1 aromatic heterocycles. The van der Waals surface area contributed by atoms with Crippen LogP contribution in [-0.2, 0) is 12.8 Å². The summed E-state index contributed by atoms with van der Waals surface area (Å²) in [6.45, 7) is 0. The molecule has 0 aliphatic rings. The Bertz CT molecular complexity index is 668. The lowest BCUT2D eigenvalue weighted by molar-refractivity contribution is -0.00215. The molecule has 102 valence electrons. The number of hydrogen-bond acceptors (Lipinski definition) is 1. The van der Waals surface area contributed by atoms with Crippen LogP contribution in [0.1, 0.15) is 11.3 Å². The molecule has 3 aromatic rings. The fourth-order valence-electron chi connectivity index (χ4n) is 2.34. The number of rotatable bonds is 4. The van der Waals surface area contributed by atoms with Crippen molar-refractivity contribution in [1.29, 1.82) is 0 Å². The lowest BCUT2D eigenvalue weighted by atomic mass is 10.0. The predicted octanol–water partition coefficient (Wildman–Crippen LogP) is 4.85. The van der Waals surface area contributed by atoms with Crippen molar-refractivity contribution < 1.29 is 13.2 Å². The van der Waals surface area contributed by atoms with Crippen LogP contribution in [-0.4, -0.2) is 5.92 Å². The highest BCUT2D eigenvalue weighted by molar-refractivity contribution is 5.77. The molecule has 20 heavy (non-hydrogen) atoms. The minimum Gasteiger partial charge on any atom is -0.461 e. The molecule has 0 aliphatic carbocycles. The second-order valence-corrected chi connectivity index (χ2v) is 4.95. The summed E-state index contributed by atoms with van der Waals surface area (Å²) < 4.78 is 33.6. The van der Waals surface area contributed by atoms with Crippen LogP contribution in [0, 0.1) is 0 Å². The van der Waals surface area contributed by atoms with Gasteiger partial charge in [-0.2, -0.15) is 0 Å². The summed E-state index contributed by atoms with van der Waals surface area (Å²) in [5.74, 6) is -2.48. The standard InChI is InChI=1S/C17H14F2O/c18-17(19,11-13-6-2-1-3-7-13)12-15-10-14-8-4-5-9-16(14)20-15/h1-10H,11-12H2. The van der Waals surface area contributed by atoms with E-state index in [4.69, 9.17) is 4.42 Å². The molecule has 0 fully saturated rings. The third-order valence-corrected chi connectivity index (χ3v) is 3.21. The maximum Gasteiger partial charge on any atom is 0.259 e. The molecule has 0 saturated heterocycles. The number of benzene rings is 2. The quantitative estimate of drug-likeness (QED) is 0.661. The van der Waals surface area contributed by atoms with E-state index in [9.17, 15) is 8.78 Å². The average Bonchev–Trinajstić information content (AvgIpc) is 2.80. The van der Waals surface area contributed by atoms with Gasteiger partial charge in [0.25, 0.3) is 5.92 Å². The van der Waals surface area contributed by atoms with Crippen LogP contribution >= 0.6 is 0 Å². The van der Waals surface area contributed by atoms with Crippen LogP contribution in [0.15, 0.2) is 65.1 Å². The zero-order valence-electron chi connectivity index (χ0n) is 10.9. The van der Waals surface area contributed by atoms with E-state index in [0.29, 0.717) is 16.9 Å². The highest BCUT2D eigenvalue weighted by Gasteiger charge is 2.31. The Kier molecular flexibility index (Phi) is 3.26. The summed E-state index contributed by atoms with van der Waals surface area (Å²) in [5.41, 5.74) is 1.28. The van der Waals surface area contributed by atoms with E-state index < -0.39 is 5.92 Å². The maximum atomic E-state index is 14.1. The fourth-order valence-corrected chi connectivity index (χ4v) is 2.34. The molecular weight excluding hydrogens is 258 g/mol. The van der Waals surface area contributed by atoms with E-state index in [1.807, 2.05) is 24.3 Å². The second-order valence-electron chi connectivity index (χ2n) is 4.95. The smallest absolute Gasteiger partial charge is 0.259 e. The highest BCUT2D eigenvalue weighted by Crippen LogP contribution is 2.28. The molecule has 0 amide bonds. The van der Waals surface area contributed by atoms with Crippen molar-refractivity contribution in [3.05, 3.63) is 72.0 Å². The number of hydrogen-bond donors (Lipinski definition) is 0. The molecule has 1 nitrogen and oxygen atoms in total. The van der Waals surface area contributed by atoms with Crippen LogP contribution in [0.4, 0.5) is 8.78 Å². The number of alkyl halides is 2. The number of para-hydroxylation sites is 1. The third kappa shape index (κ3) is 2.87. The van der Waals surface area contributed by atoms with Gasteiger partial charge in [-0.15, -0.1) is 0 Å². The van der Waals surface area contributed by atoms with Crippen molar-refractivity contribution >= 4 is 11.0 Å². The number of halogens is 2. The molecule has 0 radical (unpaired) electrons. The van der Waals surface area contributed by atoms with Gasteiger partial charge in [0.2, 0.25) is 0 Å². The minimum atomic E-state index is -2.81. The molecular formula is C17H14F2O. The summed E-state index contributed by atoms with van der Waals surface area (Å²) in [6.07, 6.45) is -0.651. The largest absolute Gasteiger partial charge is 0.461 e. The van der Waals surface area contributed by atoms with E-state index in [-0.39, 0.29) is 12.8 Å². The molecule has 3 heteroatoms. The lowest BCUT2D eigenvalue weighted by Crippen LogP contribution is -2.22. The summed E-state index contributed by atoms with van der Waals surface area (Å²) in [6, 6.07) is 17.8. The Morgan fingerprint density at radius 1 is 0.850 bits per heavy atom. The lowest BCUT2D eigenvalue weighted by Gasteiger charge is -2.14. The molecule has 0 saturated carbocycles. The molecule has 1 heterocycles. The van der Waals surface area contributed by atoms with Gasteiger partial charge >= 0.3 is 0 Å². The molecule has 0 unspecified atom stereocenters. The van der Waals surface area contributed by atoms with Gasteiger partial charge in [0.15, 0.2) is 0 Å². The van der Waals surface area contributed by atoms with Gasteiger partial charge in [-0.1, -0.05) is 48.5 Å². The molecule has 3 rings (SSSR count). The molecule has 0 atom stereocenters. The second kappa shape index (κ2) is 5.08. The first-order chi connectivity index (χ1) is 9.62. The van der Waals surface area contributed by atoms with Gasteiger partial charge in [0, 0.05) is 11.8 Å². The zero-order valence-corrected chi connectivity index (χ0v) is 10.9. The SMILES string of the molecule is FC(F)(Cc1ccccc1)Cc1cc2ccccc2o1. The molecule has 0 bridgehead atoms. The van der Waals surface area contributed by atoms with Crippen molar-refractivity contribution in [3.63, 3.8) is 0 Å². The van der Waals surface area contributed by atoms with Crippen molar-refractivity contribution in [3.8, 4) is 0 Å². The van der Waals surface area contributed by atoms with Crippen molar-refractivity contribution in [2.75, 3.05) is 0 Å². The van der Waals surface area contributed by atoms with E-state index in [1.165, 1.54) is 0 Å². The Hall–Kier alpha value is -2.16. The first-order valence-corrected chi connectivity index (χ1v) is 6.52. The Balaban J connectivity index is 1.78. The highest BCUT2D eigenvalue weighted by atomic mass is 19.3. The predicted molar refractivity (Wildman–Crippen MR) is 75.0 cm³/mol. The van der Waals surface area contributed by atoms with Crippen LogP contribution in [0.5, 0.6) is 0 Å². The number of fused-ring (bicyclic) bond motifs is 1. The molecule has 0 N–H and O–H groups in total. The van der Waals surface area contributed by atoms with E-state index in [0.717, 1.165) is 5.39 Å². The average molecular weight is 272 g/mol. The van der Waals surface area contributed by atoms with Crippen LogP contribution < -0.4 is 0 Å². The molecule has 2 aromatic carbocycles. The molecule has 0 spiro atoms. The van der Waals surface area contributed by atoms with Gasteiger partial charge in [-0.05, 0) is 17.7 Å². The van der Waals surface area contributed by atoms with Gasteiger partial charge in [0.05, 0.1) is 6.42 Å². The summed E-state index contributed by atoms with van der Waals surface area (Å²) in [4.78, 5) is 0. The van der Waals surface area contributed by atoms with Crippen molar-refractivity contribution in [2.45, 2.75) is 18.8 Å². The number of furan rings is 1. The van der Waals surface area contributed by atoms with Crippen molar-refractivity contribution in [1.82, 2.24) is 0 Å². The first-order valence-electron chi connectivity index (χ1n) is 6.52.